The summed E-state index contributed by atoms with van der Waals surface area (Å²) in [6.45, 7) is 9.01. The van der Waals surface area contributed by atoms with Gasteiger partial charge in [0.1, 0.15) is 0 Å². The third-order valence-electron chi connectivity index (χ3n) is 8.10. The van der Waals surface area contributed by atoms with Crippen LogP contribution in [0, 0.1) is 19.8 Å². The van der Waals surface area contributed by atoms with Crippen LogP contribution in [0.1, 0.15) is 39.7 Å². The summed E-state index contributed by atoms with van der Waals surface area (Å²) in [4.78, 5) is 0. The summed E-state index contributed by atoms with van der Waals surface area (Å²) < 4.78 is 1.42. The molecule has 4 aromatic rings. The normalized spacial score (nSPS) is 16.8. The number of benzene rings is 4. The standard InChI is InChI=1S/C20H21.C12H9Si.2ClH.Zr/c1-13(2)17-11-16-10-9-15(4)20(19(16)12-17)18-8-6-5-7-14(18)3;1-3-7-11-9(5-1)10-6-2-4-8-12(10)13-11;;;/h5-13H,1-4H3;1-7H,13H2;2*1H;/q;;;;+2/p-2. The summed E-state index contributed by atoms with van der Waals surface area (Å²) in [6, 6.07) is 28.9. The molecule has 0 saturated heterocycles. The first-order valence-corrected chi connectivity index (χ1v) is 23.2. The molecule has 1 unspecified atom stereocenters. The molecule has 0 bridgehead atoms. The molecule has 0 amide bonds. The molecule has 0 fully saturated rings. The Bertz CT molecular complexity index is 1550. The molecule has 4 aromatic carbocycles. The number of rotatable bonds is 4. The first-order valence-electron chi connectivity index (χ1n) is 12.8. The van der Waals surface area contributed by atoms with E-state index in [9.17, 15) is 0 Å². The number of hydrogen-bond acceptors (Lipinski definition) is 0. The van der Waals surface area contributed by atoms with Crippen molar-refractivity contribution in [2.24, 2.45) is 5.92 Å². The molecule has 6 rings (SSSR count). The second-order valence-corrected chi connectivity index (χ2v) is 26.4. The van der Waals surface area contributed by atoms with Crippen LogP contribution >= 0.6 is 17.0 Å². The zero-order valence-electron chi connectivity index (χ0n) is 21.2. The van der Waals surface area contributed by atoms with Gasteiger partial charge in [-0.3, -0.25) is 0 Å². The van der Waals surface area contributed by atoms with E-state index in [1.54, 1.807) is 0 Å². The average Bonchev–Trinajstić information content (AvgIpc) is 3.44. The van der Waals surface area contributed by atoms with Gasteiger partial charge in [-0.25, -0.2) is 0 Å². The molecule has 4 heteroatoms. The topological polar surface area (TPSA) is 0 Å². The van der Waals surface area contributed by atoms with Gasteiger partial charge >= 0.3 is 230 Å². The molecule has 36 heavy (non-hydrogen) atoms. The van der Waals surface area contributed by atoms with Crippen molar-refractivity contribution in [1.29, 1.82) is 0 Å². The fourth-order valence-electron chi connectivity index (χ4n) is 6.32. The van der Waals surface area contributed by atoms with Crippen LogP contribution in [0.15, 0.2) is 84.4 Å². The Morgan fingerprint density at radius 1 is 0.750 bits per heavy atom. The molecule has 0 nitrogen and oxygen atoms in total. The van der Waals surface area contributed by atoms with Crippen molar-refractivity contribution in [1.82, 2.24) is 0 Å². The molecule has 1 aliphatic heterocycles. The Kier molecular flexibility index (Phi) is 6.32. The molecule has 0 N–H and O–H groups in total. The minimum atomic E-state index is -3.94. The monoisotopic (exact) mass is 602 g/mol. The fraction of sp³-hybridized carbons (Fsp3) is 0.188. The molecular weight excluding hydrogens is 575 g/mol. The summed E-state index contributed by atoms with van der Waals surface area (Å²) in [5, 5.41) is 3.00. The van der Waals surface area contributed by atoms with Crippen LogP contribution in [0.3, 0.4) is 0 Å². The summed E-state index contributed by atoms with van der Waals surface area (Å²) >= 11 is -3.94. The van der Waals surface area contributed by atoms with E-state index in [4.69, 9.17) is 17.0 Å². The number of allylic oxidation sites excluding steroid dienone is 1. The Balaban J connectivity index is 1.55. The predicted octanol–water partition coefficient (Wildman–Crippen LogP) is 6.95. The number of fused-ring (bicyclic) bond motifs is 4. The maximum absolute atomic E-state index is 7.79. The van der Waals surface area contributed by atoms with Gasteiger partial charge < -0.3 is 0 Å². The molecule has 2 aliphatic rings. The summed E-state index contributed by atoms with van der Waals surface area (Å²) in [5.74, 6) is 0.382. The van der Waals surface area contributed by atoms with Crippen LogP contribution in [0.25, 0.3) is 28.3 Å². The summed E-state index contributed by atoms with van der Waals surface area (Å²) in [6.07, 6.45) is 2.44. The minimum absolute atomic E-state index is 0.116. The third kappa shape index (κ3) is 3.80. The second-order valence-electron chi connectivity index (χ2n) is 10.6. The van der Waals surface area contributed by atoms with Crippen molar-refractivity contribution >= 4 is 46.3 Å². The Morgan fingerprint density at radius 3 is 2.19 bits per heavy atom. The van der Waals surface area contributed by atoms with Gasteiger partial charge in [0.15, 0.2) is 0 Å². The van der Waals surface area contributed by atoms with Crippen molar-refractivity contribution < 1.29 is 17.9 Å². The first kappa shape index (κ1) is 24.6. The molecule has 0 radical (unpaired) electrons. The van der Waals surface area contributed by atoms with Crippen molar-refractivity contribution in [3.63, 3.8) is 0 Å². The van der Waals surface area contributed by atoms with Gasteiger partial charge in [-0.15, -0.1) is 0 Å². The molecule has 180 valence electrons. The zero-order valence-corrected chi connectivity index (χ0v) is 26.6. The third-order valence-corrected chi connectivity index (χ3v) is 22.4. The Morgan fingerprint density at radius 2 is 1.44 bits per heavy atom. The van der Waals surface area contributed by atoms with Crippen molar-refractivity contribution in [2.75, 3.05) is 0 Å². The first-order chi connectivity index (χ1) is 17.3. The van der Waals surface area contributed by atoms with E-state index in [0.717, 1.165) is 0 Å². The quantitative estimate of drug-likeness (QED) is 0.195. The molecule has 1 heterocycles. The van der Waals surface area contributed by atoms with Crippen molar-refractivity contribution in [3.8, 4) is 22.3 Å². The van der Waals surface area contributed by atoms with Gasteiger partial charge in [-0.2, -0.15) is 0 Å². The molecule has 0 aromatic heterocycles. The van der Waals surface area contributed by atoms with Crippen LogP contribution in [0.2, 0.25) is 0 Å². The summed E-state index contributed by atoms with van der Waals surface area (Å²) in [5.41, 5.74) is 12.1. The van der Waals surface area contributed by atoms with Crippen LogP contribution in [-0.2, 0) is 17.9 Å². The average molecular weight is 605 g/mol. The molecule has 1 aliphatic carbocycles. The van der Waals surface area contributed by atoms with Crippen LogP contribution in [-0.4, -0.2) is 9.52 Å². The fourth-order valence-corrected chi connectivity index (χ4v) is 23.4. The van der Waals surface area contributed by atoms with Crippen molar-refractivity contribution in [3.05, 3.63) is 107 Å². The Labute approximate surface area is 228 Å². The van der Waals surface area contributed by atoms with Gasteiger partial charge in [0.25, 0.3) is 0 Å². The molecule has 0 spiro atoms. The summed E-state index contributed by atoms with van der Waals surface area (Å²) in [7, 11) is 15.0. The number of aryl methyl sites for hydroxylation is 2. The van der Waals surface area contributed by atoms with E-state index in [1.165, 1.54) is 63.7 Å². The maximum atomic E-state index is 7.79. The van der Waals surface area contributed by atoms with Gasteiger partial charge in [0.2, 0.25) is 0 Å². The van der Waals surface area contributed by atoms with Crippen LogP contribution in [0.5, 0.6) is 0 Å². The van der Waals surface area contributed by atoms with E-state index in [1.807, 2.05) is 0 Å². The Hall–Kier alpha value is -1.70. The van der Waals surface area contributed by atoms with E-state index >= 15 is 0 Å². The van der Waals surface area contributed by atoms with Crippen molar-refractivity contribution in [2.45, 2.75) is 31.3 Å². The zero-order chi connectivity index (χ0) is 25.2. The van der Waals surface area contributed by atoms with E-state index in [2.05, 4.69) is 113 Å². The second kappa shape index (κ2) is 9.25. The molecular formula is C32H30Cl2SiZr. The molecule has 1 atom stereocenters. The SMILES string of the molecule is Cc1ccccc1-c1c(C)ccc2c1C=C(C(C)C)[CH]2[Zr]([Cl])([Cl])[c]1cccc2c1[SiH2]c1ccccc1-2. The number of hydrogen-bond donors (Lipinski definition) is 0. The van der Waals surface area contributed by atoms with E-state index in [0.29, 0.717) is 5.92 Å². The van der Waals surface area contributed by atoms with Gasteiger partial charge in [0.05, 0.1) is 0 Å². The van der Waals surface area contributed by atoms with Gasteiger partial charge in [-0.1, -0.05) is 0 Å². The van der Waals surface area contributed by atoms with Gasteiger partial charge in [-0.05, 0) is 0 Å². The number of halogens is 2. The van der Waals surface area contributed by atoms with Crippen LogP contribution in [0.4, 0.5) is 0 Å². The predicted molar refractivity (Wildman–Crippen MR) is 158 cm³/mol. The molecule has 0 saturated carbocycles. The van der Waals surface area contributed by atoms with Crippen LogP contribution < -0.4 is 13.6 Å². The van der Waals surface area contributed by atoms with E-state index < -0.39 is 27.4 Å². The van der Waals surface area contributed by atoms with E-state index in [-0.39, 0.29) is 3.63 Å². The van der Waals surface area contributed by atoms with Gasteiger partial charge in [0, 0.05) is 0 Å².